The first-order valence-electron chi connectivity index (χ1n) is 13.6. The number of aliphatic hydroxyl groups excluding tert-OH is 1. The number of nitrogens with one attached hydrogen (secondary N) is 1. The fourth-order valence-electron chi connectivity index (χ4n) is 5.39. The molecule has 6 heteroatoms. The largest absolute Gasteiger partial charge is 0.508 e. The molecule has 1 atom stereocenters. The van der Waals surface area contributed by atoms with Crippen LogP contribution in [0, 0.1) is 0 Å². The molecule has 0 aromatic heterocycles. The number of phenols is 1. The van der Waals surface area contributed by atoms with Crippen LogP contribution < -0.4 is 19.7 Å². The second-order valence-corrected chi connectivity index (χ2v) is 10.8. The lowest BCUT2D eigenvalue weighted by Crippen LogP contribution is -2.44. The van der Waals surface area contributed by atoms with Gasteiger partial charge in [0.25, 0.3) is 0 Å². The van der Waals surface area contributed by atoms with Crippen LogP contribution in [0.5, 0.6) is 17.2 Å². The Morgan fingerprint density at radius 2 is 1.76 bits per heavy atom. The third kappa shape index (κ3) is 7.00. The van der Waals surface area contributed by atoms with Gasteiger partial charge in [-0.15, -0.1) is 0 Å². The van der Waals surface area contributed by atoms with Crippen molar-refractivity contribution in [2.45, 2.75) is 58.0 Å². The van der Waals surface area contributed by atoms with Crippen LogP contribution in [0.2, 0.25) is 0 Å². The van der Waals surface area contributed by atoms with E-state index in [0.29, 0.717) is 31.4 Å². The maximum Gasteiger partial charge on any atom is 0.120 e. The predicted molar refractivity (Wildman–Crippen MR) is 154 cm³/mol. The summed E-state index contributed by atoms with van der Waals surface area (Å²) in [6, 6.07) is 20.3. The average Bonchev–Trinajstić information content (AvgIpc) is 2.92. The van der Waals surface area contributed by atoms with Gasteiger partial charge in [-0.05, 0) is 98.2 Å². The van der Waals surface area contributed by atoms with Crippen LogP contribution in [0.1, 0.15) is 55.4 Å². The Hall–Kier alpha value is -3.22. The van der Waals surface area contributed by atoms with Crippen molar-refractivity contribution in [1.82, 2.24) is 5.32 Å². The molecule has 1 aliphatic rings. The summed E-state index contributed by atoms with van der Waals surface area (Å²) < 4.78 is 11.6. The zero-order valence-electron chi connectivity index (χ0n) is 23.2. The van der Waals surface area contributed by atoms with E-state index in [1.807, 2.05) is 24.3 Å². The number of hydrogen-bond donors (Lipinski definition) is 3. The Labute approximate surface area is 227 Å². The van der Waals surface area contributed by atoms with Crippen molar-refractivity contribution in [3.8, 4) is 17.2 Å². The molecule has 1 aliphatic carbocycles. The van der Waals surface area contributed by atoms with Crippen molar-refractivity contribution in [2.24, 2.45) is 0 Å². The summed E-state index contributed by atoms with van der Waals surface area (Å²) in [6.07, 6.45) is 2.88. The summed E-state index contributed by atoms with van der Waals surface area (Å²) in [5.74, 6) is 2.34. The van der Waals surface area contributed by atoms with Gasteiger partial charge in [0.1, 0.15) is 23.9 Å². The van der Waals surface area contributed by atoms with Crippen LogP contribution in [-0.4, -0.2) is 49.2 Å². The zero-order valence-corrected chi connectivity index (χ0v) is 23.2. The Morgan fingerprint density at radius 1 is 1.00 bits per heavy atom. The quantitative estimate of drug-likeness (QED) is 0.297. The normalized spacial score (nSPS) is 15.1. The fraction of sp³-hybridized carbons (Fsp3) is 0.438. The van der Waals surface area contributed by atoms with Gasteiger partial charge in [0.2, 0.25) is 0 Å². The minimum absolute atomic E-state index is 0.0597. The van der Waals surface area contributed by atoms with Crippen molar-refractivity contribution in [3.05, 3.63) is 82.9 Å². The number of hydrogen-bond acceptors (Lipinski definition) is 6. The maximum atomic E-state index is 9.97. The first-order chi connectivity index (χ1) is 18.3. The molecule has 3 N–H and O–H groups in total. The van der Waals surface area contributed by atoms with Gasteiger partial charge >= 0.3 is 0 Å². The van der Waals surface area contributed by atoms with Gasteiger partial charge in [-0.3, -0.25) is 0 Å². The second-order valence-electron chi connectivity index (χ2n) is 10.8. The Kier molecular flexibility index (Phi) is 9.18. The zero-order chi connectivity index (χ0) is 27.1. The van der Waals surface area contributed by atoms with E-state index < -0.39 is 0 Å². The third-order valence-electron chi connectivity index (χ3n) is 7.36. The van der Waals surface area contributed by atoms with Gasteiger partial charge in [0, 0.05) is 30.4 Å². The van der Waals surface area contributed by atoms with E-state index in [0.717, 1.165) is 48.6 Å². The predicted octanol–water partition coefficient (Wildman–Crippen LogP) is 5.44. The molecule has 0 fully saturated rings. The molecule has 6 nitrogen and oxygen atoms in total. The summed E-state index contributed by atoms with van der Waals surface area (Å²) in [5.41, 5.74) is 5.95. The standard InChI is InChI=1S/C32H42N2O4/c1-5-33-32(2,3)22-38-28-12-6-23(7-13-28)21-34(16-17-35)31-20-29(37-4)14-15-30(31)26-9-8-25-19-27(36)11-10-24(25)18-26/h6-7,10-15,19-20,26,33,35-36H,5,8-9,16-18,21-22H2,1-4H3. The van der Waals surface area contributed by atoms with Crippen molar-refractivity contribution >= 4 is 5.69 Å². The number of ether oxygens (including phenoxy) is 2. The number of aliphatic hydroxyl groups is 1. The molecular weight excluding hydrogens is 476 g/mol. The first-order valence-corrected chi connectivity index (χ1v) is 13.6. The minimum Gasteiger partial charge on any atom is -0.508 e. The molecule has 3 aromatic carbocycles. The third-order valence-corrected chi connectivity index (χ3v) is 7.36. The highest BCUT2D eigenvalue weighted by molar-refractivity contribution is 5.60. The van der Waals surface area contributed by atoms with E-state index in [2.05, 4.69) is 61.3 Å². The number of aromatic hydroxyl groups is 1. The molecule has 4 rings (SSSR count). The van der Waals surface area contributed by atoms with E-state index in [1.54, 1.807) is 13.2 Å². The molecule has 0 saturated heterocycles. The molecule has 0 spiro atoms. The van der Waals surface area contributed by atoms with E-state index >= 15 is 0 Å². The van der Waals surface area contributed by atoms with Gasteiger partial charge < -0.3 is 29.9 Å². The van der Waals surface area contributed by atoms with E-state index in [1.165, 1.54) is 16.7 Å². The monoisotopic (exact) mass is 518 g/mol. The SMILES string of the molecule is CCNC(C)(C)COc1ccc(CN(CCO)c2cc(OC)ccc2C2CCc3cc(O)ccc3C2)cc1. The highest BCUT2D eigenvalue weighted by Crippen LogP contribution is 2.40. The highest BCUT2D eigenvalue weighted by Gasteiger charge is 2.25. The Morgan fingerprint density at radius 3 is 2.47 bits per heavy atom. The number of phenolic OH excluding ortho intramolecular Hbond substituents is 1. The van der Waals surface area contributed by atoms with Crippen LogP contribution in [-0.2, 0) is 19.4 Å². The Balaban J connectivity index is 1.55. The number of benzene rings is 3. The highest BCUT2D eigenvalue weighted by atomic mass is 16.5. The number of rotatable bonds is 12. The lowest BCUT2D eigenvalue weighted by molar-refractivity contribution is 0.211. The molecule has 38 heavy (non-hydrogen) atoms. The summed E-state index contributed by atoms with van der Waals surface area (Å²) in [5, 5.41) is 23.3. The summed E-state index contributed by atoms with van der Waals surface area (Å²) in [7, 11) is 1.69. The molecule has 0 bridgehead atoms. The van der Waals surface area contributed by atoms with Crippen molar-refractivity contribution in [2.75, 3.05) is 38.3 Å². The number of fused-ring (bicyclic) bond motifs is 1. The van der Waals surface area contributed by atoms with Gasteiger partial charge in [-0.2, -0.15) is 0 Å². The maximum absolute atomic E-state index is 9.97. The molecule has 204 valence electrons. The molecule has 0 heterocycles. The van der Waals surface area contributed by atoms with Crippen molar-refractivity contribution < 1.29 is 19.7 Å². The summed E-state index contributed by atoms with van der Waals surface area (Å²) in [6.45, 7) is 9.11. The smallest absolute Gasteiger partial charge is 0.120 e. The van der Waals surface area contributed by atoms with Crippen molar-refractivity contribution in [1.29, 1.82) is 0 Å². The number of aryl methyl sites for hydroxylation is 1. The Bertz CT molecular complexity index is 1190. The van der Waals surface area contributed by atoms with Gasteiger partial charge in [0.05, 0.1) is 13.7 Å². The van der Waals surface area contributed by atoms with Crippen LogP contribution >= 0.6 is 0 Å². The number of nitrogens with zero attached hydrogens (tertiary/aromatic N) is 1. The molecular formula is C32H42N2O4. The fourth-order valence-corrected chi connectivity index (χ4v) is 5.39. The topological polar surface area (TPSA) is 74.2 Å². The van der Waals surface area contributed by atoms with E-state index in [4.69, 9.17) is 9.47 Å². The molecule has 3 aromatic rings. The molecule has 0 saturated carbocycles. The lowest BCUT2D eigenvalue weighted by atomic mass is 9.79. The van der Waals surface area contributed by atoms with E-state index in [9.17, 15) is 10.2 Å². The number of methoxy groups -OCH3 is 1. The molecule has 0 amide bonds. The molecule has 1 unspecified atom stereocenters. The van der Waals surface area contributed by atoms with Crippen LogP contribution in [0.3, 0.4) is 0 Å². The number of anilines is 1. The summed E-state index contributed by atoms with van der Waals surface area (Å²) >= 11 is 0. The van der Waals surface area contributed by atoms with Crippen molar-refractivity contribution in [3.63, 3.8) is 0 Å². The van der Waals surface area contributed by atoms with Gasteiger partial charge in [-0.1, -0.05) is 31.2 Å². The average molecular weight is 519 g/mol. The van der Waals surface area contributed by atoms with Gasteiger partial charge in [-0.25, -0.2) is 0 Å². The molecule has 0 aliphatic heterocycles. The summed E-state index contributed by atoms with van der Waals surface area (Å²) in [4.78, 5) is 2.24. The van der Waals surface area contributed by atoms with Crippen LogP contribution in [0.4, 0.5) is 5.69 Å². The molecule has 0 radical (unpaired) electrons. The minimum atomic E-state index is -0.0892. The van der Waals surface area contributed by atoms with Crippen LogP contribution in [0.15, 0.2) is 60.7 Å². The van der Waals surface area contributed by atoms with Gasteiger partial charge in [0.15, 0.2) is 0 Å². The van der Waals surface area contributed by atoms with E-state index in [-0.39, 0.29) is 12.1 Å². The number of likely N-dealkylation sites (N-methyl/N-ethyl adjacent to an activating group) is 1. The lowest BCUT2D eigenvalue weighted by Gasteiger charge is -2.32. The second kappa shape index (κ2) is 12.5. The first kappa shape index (κ1) is 27.8. The van der Waals surface area contributed by atoms with Crippen LogP contribution in [0.25, 0.3) is 0 Å².